The molecule has 7 heteroatoms. The standard InChI is InChI=1S/C17H13BrClN3O2/c18-11-5-6-15(20-9-11)22-16(23)7-8-17-21-10-14(24-17)12-3-1-2-4-13(12)19/h1-6,9-10H,7-8H2,(H,20,22,23). The van der Waals surface area contributed by atoms with Crippen LogP contribution in [0.25, 0.3) is 11.3 Å². The topological polar surface area (TPSA) is 68.0 Å². The fraction of sp³-hybridized carbons (Fsp3) is 0.118. The van der Waals surface area contributed by atoms with Gasteiger partial charge in [-0.1, -0.05) is 23.7 Å². The van der Waals surface area contributed by atoms with Crippen molar-refractivity contribution >= 4 is 39.3 Å². The summed E-state index contributed by atoms with van der Waals surface area (Å²) in [6.45, 7) is 0. The maximum Gasteiger partial charge on any atom is 0.226 e. The lowest BCUT2D eigenvalue weighted by Gasteiger charge is -2.03. The Labute approximate surface area is 152 Å². The summed E-state index contributed by atoms with van der Waals surface area (Å²) < 4.78 is 6.52. The fourth-order valence-corrected chi connectivity index (χ4v) is 2.55. The minimum atomic E-state index is -0.151. The van der Waals surface area contributed by atoms with Crippen molar-refractivity contribution in [1.82, 2.24) is 9.97 Å². The normalized spacial score (nSPS) is 10.6. The van der Waals surface area contributed by atoms with E-state index in [0.29, 0.717) is 28.9 Å². The second-order valence-electron chi connectivity index (χ2n) is 5.01. The molecule has 24 heavy (non-hydrogen) atoms. The van der Waals surface area contributed by atoms with Crippen LogP contribution in [0.5, 0.6) is 0 Å². The van der Waals surface area contributed by atoms with Gasteiger partial charge in [-0.25, -0.2) is 9.97 Å². The fourth-order valence-electron chi connectivity index (χ4n) is 2.09. The number of carbonyl (C=O) groups is 1. The molecule has 3 aromatic rings. The van der Waals surface area contributed by atoms with E-state index in [1.807, 2.05) is 24.3 Å². The maximum atomic E-state index is 11.9. The van der Waals surface area contributed by atoms with E-state index in [2.05, 4.69) is 31.2 Å². The monoisotopic (exact) mass is 405 g/mol. The first kappa shape index (κ1) is 16.7. The van der Waals surface area contributed by atoms with Gasteiger partial charge < -0.3 is 9.73 Å². The van der Waals surface area contributed by atoms with E-state index in [1.54, 1.807) is 24.5 Å². The van der Waals surface area contributed by atoms with Crippen molar-refractivity contribution in [3.63, 3.8) is 0 Å². The Balaban J connectivity index is 1.58. The van der Waals surface area contributed by atoms with Gasteiger partial charge in [0.2, 0.25) is 5.91 Å². The minimum Gasteiger partial charge on any atom is -0.441 e. The van der Waals surface area contributed by atoms with Crippen LogP contribution in [0.2, 0.25) is 5.02 Å². The first-order valence-electron chi connectivity index (χ1n) is 7.23. The molecule has 0 aliphatic heterocycles. The van der Waals surface area contributed by atoms with Gasteiger partial charge in [0.25, 0.3) is 0 Å². The molecule has 0 bridgehead atoms. The van der Waals surface area contributed by atoms with Crippen LogP contribution in [0.15, 0.2) is 57.7 Å². The number of nitrogens with one attached hydrogen (secondary N) is 1. The third kappa shape index (κ3) is 4.21. The molecule has 2 aromatic heterocycles. The van der Waals surface area contributed by atoms with Crippen LogP contribution in [0.3, 0.4) is 0 Å². The van der Waals surface area contributed by atoms with Crippen molar-refractivity contribution in [2.75, 3.05) is 5.32 Å². The van der Waals surface area contributed by atoms with E-state index < -0.39 is 0 Å². The summed E-state index contributed by atoms with van der Waals surface area (Å²) in [5.74, 6) is 1.43. The largest absolute Gasteiger partial charge is 0.441 e. The van der Waals surface area contributed by atoms with Crippen LogP contribution in [-0.2, 0) is 11.2 Å². The predicted octanol–water partition coefficient (Wildman–Crippen LogP) is 4.72. The first-order chi connectivity index (χ1) is 11.6. The number of aromatic nitrogens is 2. The van der Waals surface area contributed by atoms with E-state index in [4.69, 9.17) is 16.0 Å². The Bertz CT molecular complexity index is 849. The van der Waals surface area contributed by atoms with Gasteiger partial charge in [0.15, 0.2) is 11.7 Å². The third-order valence-electron chi connectivity index (χ3n) is 3.25. The van der Waals surface area contributed by atoms with E-state index in [-0.39, 0.29) is 12.3 Å². The molecule has 1 aromatic carbocycles. The summed E-state index contributed by atoms with van der Waals surface area (Å²) in [6, 6.07) is 10.9. The van der Waals surface area contributed by atoms with Crippen LogP contribution in [0, 0.1) is 0 Å². The Kier molecular flexibility index (Phi) is 5.27. The molecule has 1 amide bonds. The Morgan fingerprint density at radius 3 is 2.75 bits per heavy atom. The number of hydrogen-bond acceptors (Lipinski definition) is 4. The number of nitrogens with zero attached hydrogens (tertiary/aromatic N) is 2. The van der Waals surface area contributed by atoms with Gasteiger partial charge in [-0.3, -0.25) is 4.79 Å². The number of halogens is 2. The molecule has 5 nitrogen and oxygen atoms in total. The number of carbonyl (C=O) groups excluding carboxylic acids is 1. The SMILES string of the molecule is O=C(CCc1ncc(-c2ccccc2Cl)o1)Nc1ccc(Br)cn1. The molecule has 0 spiro atoms. The Morgan fingerprint density at radius 2 is 2.00 bits per heavy atom. The molecule has 0 saturated carbocycles. The quantitative estimate of drug-likeness (QED) is 0.665. The number of amides is 1. The van der Waals surface area contributed by atoms with Crippen LogP contribution in [-0.4, -0.2) is 15.9 Å². The molecule has 0 aliphatic rings. The number of pyridine rings is 1. The van der Waals surface area contributed by atoms with Crippen LogP contribution in [0.1, 0.15) is 12.3 Å². The van der Waals surface area contributed by atoms with Crippen molar-refractivity contribution in [3.8, 4) is 11.3 Å². The zero-order chi connectivity index (χ0) is 16.9. The average Bonchev–Trinajstić information content (AvgIpc) is 3.04. The van der Waals surface area contributed by atoms with Crippen LogP contribution >= 0.6 is 27.5 Å². The van der Waals surface area contributed by atoms with Crippen molar-refractivity contribution in [2.45, 2.75) is 12.8 Å². The third-order valence-corrected chi connectivity index (χ3v) is 4.05. The molecular formula is C17H13BrClN3O2. The highest BCUT2D eigenvalue weighted by Crippen LogP contribution is 2.28. The number of hydrogen-bond donors (Lipinski definition) is 1. The highest BCUT2D eigenvalue weighted by atomic mass is 79.9. The number of rotatable bonds is 5. The second kappa shape index (κ2) is 7.59. The highest BCUT2D eigenvalue weighted by Gasteiger charge is 2.11. The Hall–Kier alpha value is -2.18. The van der Waals surface area contributed by atoms with Crippen LogP contribution in [0.4, 0.5) is 5.82 Å². The van der Waals surface area contributed by atoms with Gasteiger partial charge >= 0.3 is 0 Å². The zero-order valence-corrected chi connectivity index (χ0v) is 14.8. The predicted molar refractivity (Wildman–Crippen MR) is 95.8 cm³/mol. The molecule has 122 valence electrons. The summed E-state index contributed by atoms with van der Waals surface area (Å²) in [4.78, 5) is 20.2. The molecule has 0 radical (unpaired) electrons. The molecule has 0 atom stereocenters. The average molecular weight is 407 g/mol. The van der Waals surface area contributed by atoms with Gasteiger partial charge in [-0.05, 0) is 40.2 Å². The van der Waals surface area contributed by atoms with E-state index in [9.17, 15) is 4.79 Å². The number of benzene rings is 1. The molecule has 3 rings (SSSR count). The molecular weight excluding hydrogens is 394 g/mol. The molecule has 0 saturated heterocycles. The van der Waals surface area contributed by atoms with Crippen molar-refractivity contribution < 1.29 is 9.21 Å². The number of anilines is 1. The molecule has 0 fully saturated rings. The summed E-state index contributed by atoms with van der Waals surface area (Å²) in [5, 5.41) is 3.32. The smallest absolute Gasteiger partial charge is 0.226 e. The zero-order valence-electron chi connectivity index (χ0n) is 12.5. The van der Waals surface area contributed by atoms with E-state index in [1.165, 1.54) is 0 Å². The Morgan fingerprint density at radius 1 is 1.17 bits per heavy atom. The van der Waals surface area contributed by atoms with Crippen molar-refractivity contribution in [1.29, 1.82) is 0 Å². The van der Waals surface area contributed by atoms with Crippen molar-refractivity contribution in [3.05, 3.63) is 64.2 Å². The van der Waals surface area contributed by atoms with Gasteiger partial charge in [0.1, 0.15) is 5.82 Å². The molecule has 0 unspecified atom stereocenters. The van der Waals surface area contributed by atoms with E-state index >= 15 is 0 Å². The van der Waals surface area contributed by atoms with Crippen LogP contribution < -0.4 is 5.32 Å². The van der Waals surface area contributed by atoms with Gasteiger partial charge in [-0.2, -0.15) is 0 Å². The van der Waals surface area contributed by atoms with E-state index in [0.717, 1.165) is 10.0 Å². The lowest BCUT2D eigenvalue weighted by Crippen LogP contribution is -2.13. The minimum absolute atomic E-state index is 0.151. The summed E-state index contributed by atoms with van der Waals surface area (Å²) in [5.41, 5.74) is 0.779. The van der Waals surface area contributed by atoms with Gasteiger partial charge in [0, 0.05) is 29.1 Å². The molecule has 0 aliphatic carbocycles. The number of oxazole rings is 1. The van der Waals surface area contributed by atoms with Gasteiger partial charge in [0.05, 0.1) is 11.2 Å². The summed E-state index contributed by atoms with van der Waals surface area (Å²) >= 11 is 9.43. The first-order valence-corrected chi connectivity index (χ1v) is 8.40. The lowest BCUT2D eigenvalue weighted by atomic mass is 10.2. The molecule has 1 N–H and O–H groups in total. The highest BCUT2D eigenvalue weighted by molar-refractivity contribution is 9.10. The second-order valence-corrected chi connectivity index (χ2v) is 6.33. The maximum absolute atomic E-state index is 11.9. The lowest BCUT2D eigenvalue weighted by molar-refractivity contribution is -0.116. The van der Waals surface area contributed by atoms with Gasteiger partial charge in [-0.15, -0.1) is 0 Å². The summed E-state index contributed by atoms with van der Waals surface area (Å²) in [7, 11) is 0. The number of aryl methyl sites for hydroxylation is 1. The van der Waals surface area contributed by atoms with Crippen molar-refractivity contribution in [2.24, 2.45) is 0 Å². The molecule has 2 heterocycles. The summed E-state index contributed by atoms with van der Waals surface area (Å²) in [6.07, 6.45) is 3.89.